The molecular weight excluding hydrogens is 186 g/mol. The number of hydrogen-bond acceptors (Lipinski definition) is 3. The van der Waals surface area contributed by atoms with Crippen molar-refractivity contribution >= 4 is 22.2 Å². The lowest BCUT2D eigenvalue weighted by Gasteiger charge is -2.20. The van der Waals surface area contributed by atoms with Crippen LogP contribution >= 0.6 is 12.4 Å². The first-order valence-corrected chi connectivity index (χ1v) is 5.34. The lowest BCUT2D eigenvalue weighted by molar-refractivity contribution is 0.511. The summed E-state index contributed by atoms with van der Waals surface area (Å²) in [7, 11) is -0.896. The largest absolute Gasteiger partial charge is 0.316 e. The summed E-state index contributed by atoms with van der Waals surface area (Å²) in [6, 6.07) is 0.193. The molecule has 1 fully saturated rings. The number of sulfone groups is 1. The molecule has 1 saturated heterocycles. The molecule has 1 unspecified atom stereocenters. The van der Waals surface area contributed by atoms with Crippen LogP contribution in [0.5, 0.6) is 0 Å². The lowest BCUT2D eigenvalue weighted by atomic mass is 10.2. The second kappa shape index (κ2) is 4.28. The summed E-state index contributed by atoms with van der Waals surface area (Å²) in [5.74, 6) is 0.703. The van der Waals surface area contributed by atoms with E-state index in [1.165, 1.54) is 0 Å². The predicted molar refractivity (Wildman–Crippen MR) is 48.0 cm³/mol. The van der Waals surface area contributed by atoms with Gasteiger partial charge in [0.15, 0.2) is 9.84 Å². The Morgan fingerprint density at radius 2 is 2.09 bits per heavy atom. The molecule has 0 amide bonds. The van der Waals surface area contributed by atoms with Crippen molar-refractivity contribution in [1.29, 1.82) is 0 Å². The highest BCUT2D eigenvalue weighted by Gasteiger charge is 2.22. The quantitative estimate of drug-likeness (QED) is 0.657. The van der Waals surface area contributed by atoms with Crippen molar-refractivity contribution in [3.05, 3.63) is 0 Å². The van der Waals surface area contributed by atoms with Gasteiger partial charge in [-0.15, -0.1) is 12.4 Å². The van der Waals surface area contributed by atoms with Gasteiger partial charge in [-0.2, -0.15) is 0 Å². The molecule has 0 radical (unpaired) electrons. The van der Waals surface area contributed by atoms with Gasteiger partial charge in [0, 0.05) is 6.04 Å². The smallest absolute Gasteiger partial charge is 0.151 e. The van der Waals surface area contributed by atoms with Gasteiger partial charge in [-0.25, -0.2) is 8.42 Å². The molecule has 1 N–H and O–H groups in total. The van der Waals surface area contributed by atoms with Gasteiger partial charge < -0.3 is 5.32 Å². The first-order valence-electron chi connectivity index (χ1n) is 3.52. The van der Waals surface area contributed by atoms with E-state index in [2.05, 4.69) is 5.32 Å². The molecule has 0 saturated carbocycles. The molecule has 0 aromatic rings. The molecule has 0 spiro atoms. The minimum absolute atomic E-state index is 0. The third-order valence-electron chi connectivity index (χ3n) is 1.87. The van der Waals surface area contributed by atoms with Gasteiger partial charge >= 0.3 is 0 Å². The number of halogens is 1. The van der Waals surface area contributed by atoms with Crippen LogP contribution in [-0.4, -0.2) is 33.0 Å². The minimum atomic E-state index is -2.71. The van der Waals surface area contributed by atoms with Crippen LogP contribution in [-0.2, 0) is 9.84 Å². The van der Waals surface area contributed by atoms with Crippen LogP contribution in [0, 0.1) is 0 Å². The normalized spacial score (nSPS) is 29.0. The Labute approximate surface area is 73.9 Å². The fourth-order valence-electron chi connectivity index (χ4n) is 1.25. The maximum atomic E-state index is 11.0. The molecular formula is C6H14ClNO2S. The third kappa shape index (κ3) is 3.40. The van der Waals surface area contributed by atoms with E-state index in [4.69, 9.17) is 0 Å². The van der Waals surface area contributed by atoms with Crippen LogP contribution < -0.4 is 5.32 Å². The SMILES string of the molecule is CNC1CCCS(=O)(=O)C1.Cl. The molecule has 68 valence electrons. The van der Waals surface area contributed by atoms with E-state index in [0.717, 1.165) is 12.8 Å². The number of hydrogen-bond donors (Lipinski definition) is 1. The summed E-state index contributed by atoms with van der Waals surface area (Å²) in [6.45, 7) is 0. The zero-order chi connectivity index (χ0) is 7.61. The van der Waals surface area contributed by atoms with E-state index < -0.39 is 9.84 Å². The maximum absolute atomic E-state index is 11.0. The predicted octanol–water partition coefficient (Wildman–Crippen LogP) is 0.205. The Balaban J connectivity index is 0.000001000. The molecule has 0 aliphatic carbocycles. The van der Waals surface area contributed by atoms with Gasteiger partial charge in [0.05, 0.1) is 11.5 Å². The molecule has 1 rings (SSSR count). The fourth-order valence-corrected chi connectivity index (χ4v) is 2.97. The highest BCUT2D eigenvalue weighted by atomic mass is 35.5. The van der Waals surface area contributed by atoms with Crippen molar-refractivity contribution in [3.63, 3.8) is 0 Å². The summed E-state index contributed by atoms with van der Waals surface area (Å²) in [6.07, 6.45) is 1.81. The van der Waals surface area contributed by atoms with E-state index >= 15 is 0 Å². The minimum Gasteiger partial charge on any atom is -0.316 e. The fraction of sp³-hybridized carbons (Fsp3) is 1.00. The van der Waals surface area contributed by atoms with E-state index in [1.54, 1.807) is 0 Å². The third-order valence-corrected chi connectivity index (χ3v) is 3.69. The van der Waals surface area contributed by atoms with Gasteiger partial charge in [-0.05, 0) is 19.9 Å². The Bertz CT molecular complexity index is 203. The Morgan fingerprint density at radius 3 is 2.45 bits per heavy atom. The molecule has 1 aliphatic rings. The summed E-state index contributed by atoms with van der Waals surface area (Å²) >= 11 is 0. The number of rotatable bonds is 1. The van der Waals surface area contributed by atoms with E-state index in [9.17, 15) is 8.42 Å². The maximum Gasteiger partial charge on any atom is 0.151 e. The Morgan fingerprint density at radius 1 is 1.45 bits per heavy atom. The molecule has 0 aromatic carbocycles. The van der Waals surface area contributed by atoms with E-state index in [-0.39, 0.29) is 18.4 Å². The highest BCUT2D eigenvalue weighted by molar-refractivity contribution is 7.91. The Kier molecular flexibility index (Phi) is 4.36. The zero-order valence-electron chi connectivity index (χ0n) is 6.54. The molecule has 1 aliphatic heterocycles. The van der Waals surface area contributed by atoms with Crippen LogP contribution in [0.15, 0.2) is 0 Å². The van der Waals surface area contributed by atoms with Crippen molar-refractivity contribution in [2.45, 2.75) is 18.9 Å². The molecule has 5 heteroatoms. The van der Waals surface area contributed by atoms with Gasteiger partial charge in [0.1, 0.15) is 0 Å². The highest BCUT2D eigenvalue weighted by Crippen LogP contribution is 2.10. The molecule has 3 nitrogen and oxygen atoms in total. The summed E-state index contributed by atoms with van der Waals surface area (Å²) < 4.78 is 22.0. The van der Waals surface area contributed by atoms with Crippen LogP contribution in [0.25, 0.3) is 0 Å². The van der Waals surface area contributed by atoms with Crippen LogP contribution in [0.2, 0.25) is 0 Å². The molecule has 0 bridgehead atoms. The monoisotopic (exact) mass is 199 g/mol. The van der Waals surface area contributed by atoms with Crippen LogP contribution in [0.1, 0.15) is 12.8 Å². The summed E-state index contributed by atoms with van der Waals surface area (Å²) in [4.78, 5) is 0. The van der Waals surface area contributed by atoms with Gasteiger partial charge in [-0.3, -0.25) is 0 Å². The first kappa shape index (κ1) is 11.2. The van der Waals surface area contributed by atoms with Crippen LogP contribution in [0.3, 0.4) is 0 Å². The summed E-state index contributed by atoms with van der Waals surface area (Å²) in [5.41, 5.74) is 0. The van der Waals surface area contributed by atoms with Crippen molar-refractivity contribution in [2.75, 3.05) is 18.6 Å². The Hall–Kier alpha value is 0.200. The average Bonchev–Trinajstić information content (AvgIpc) is 1.86. The molecule has 0 aromatic heterocycles. The van der Waals surface area contributed by atoms with Gasteiger partial charge in [-0.1, -0.05) is 0 Å². The topological polar surface area (TPSA) is 46.2 Å². The van der Waals surface area contributed by atoms with Crippen molar-refractivity contribution in [3.8, 4) is 0 Å². The van der Waals surface area contributed by atoms with E-state index in [0.29, 0.717) is 11.5 Å². The summed E-state index contributed by atoms with van der Waals surface area (Å²) in [5, 5.41) is 2.98. The van der Waals surface area contributed by atoms with Crippen molar-refractivity contribution < 1.29 is 8.42 Å². The second-order valence-electron chi connectivity index (χ2n) is 2.74. The first-order chi connectivity index (χ1) is 4.64. The lowest BCUT2D eigenvalue weighted by Crippen LogP contribution is -2.37. The standard InChI is InChI=1S/C6H13NO2S.ClH/c1-7-6-3-2-4-10(8,9)5-6;/h6-7H,2-5H2,1H3;1H. The van der Waals surface area contributed by atoms with E-state index in [1.807, 2.05) is 7.05 Å². The van der Waals surface area contributed by atoms with Crippen LogP contribution in [0.4, 0.5) is 0 Å². The molecule has 1 atom stereocenters. The van der Waals surface area contributed by atoms with Gasteiger partial charge in [0.2, 0.25) is 0 Å². The molecule has 1 heterocycles. The molecule has 11 heavy (non-hydrogen) atoms. The number of nitrogens with one attached hydrogen (secondary N) is 1. The zero-order valence-corrected chi connectivity index (χ0v) is 8.17. The average molecular weight is 200 g/mol. The van der Waals surface area contributed by atoms with Crippen molar-refractivity contribution in [2.24, 2.45) is 0 Å². The second-order valence-corrected chi connectivity index (χ2v) is 4.97. The van der Waals surface area contributed by atoms with Crippen molar-refractivity contribution in [1.82, 2.24) is 5.32 Å². The van der Waals surface area contributed by atoms with Gasteiger partial charge in [0.25, 0.3) is 0 Å².